The predicted octanol–water partition coefficient (Wildman–Crippen LogP) is 0.758. The molecule has 0 aliphatic rings. The number of sulfonamides is 1. The van der Waals surface area contributed by atoms with Gasteiger partial charge in [0.2, 0.25) is 10.0 Å². The summed E-state index contributed by atoms with van der Waals surface area (Å²) >= 11 is 0. The molecular formula is C12H13N3O4S. The summed E-state index contributed by atoms with van der Waals surface area (Å²) < 4.78 is 27.2. The van der Waals surface area contributed by atoms with Crippen LogP contribution in [0.4, 0.5) is 5.69 Å². The maximum Gasteiger partial charge on any atom is 0.320 e. The fourth-order valence-corrected chi connectivity index (χ4v) is 2.62. The lowest BCUT2D eigenvalue weighted by Crippen LogP contribution is -2.23. The number of rotatable bonds is 6. The van der Waals surface area contributed by atoms with E-state index in [4.69, 9.17) is 5.11 Å². The smallest absolute Gasteiger partial charge is 0.320 e. The number of carbonyl (C=O) groups is 1. The minimum Gasteiger partial charge on any atom is -0.480 e. The van der Waals surface area contributed by atoms with Crippen LogP contribution in [0.3, 0.4) is 0 Å². The summed E-state index contributed by atoms with van der Waals surface area (Å²) in [5.74, 6) is -2.37. The highest BCUT2D eigenvalue weighted by Crippen LogP contribution is 2.17. The van der Waals surface area contributed by atoms with Crippen LogP contribution in [0.25, 0.3) is 0 Å². The standard InChI is InChI=1S/C12H13N3O4S/c16-12(17)9-20(18,19)14-11-5-2-1-4-10(11)8-15-7-3-6-13-15/h1-7,14H,8-9H2,(H,16,17). The summed E-state index contributed by atoms with van der Waals surface area (Å²) in [6.07, 6.45) is 3.37. The Balaban J connectivity index is 2.22. The summed E-state index contributed by atoms with van der Waals surface area (Å²) in [5.41, 5.74) is 1.05. The predicted molar refractivity (Wildman–Crippen MR) is 72.8 cm³/mol. The highest BCUT2D eigenvalue weighted by Gasteiger charge is 2.17. The van der Waals surface area contributed by atoms with Crippen LogP contribution in [-0.4, -0.2) is 35.0 Å². The minimum absolute atomic E-state index is 0.351. The fraction of sp³-hybridized carbons (Fsp3) is 0.167. The van der Waals surface area contributed by atoms with E-state index in [1.807, 2.05) is 0 Å². The van der Waals surface area contributed by atoms with Crippen LogP contribution in [0.1, 0.15) is 5.56 Å². The third-order valence-electron chi connectivity index (χ3n) is 2.49. The van der Waals surface area contributed by atoms with Gasteiger partial charge in [-0.2, -0.15) is 5.10 Å². The Morgan fingerprint density at radius 2 is 2.05 bits per heavy atom. The van der Waals surface area contributed by atoms with Gasteiger partial charge in [-0.15, -0.1) is 0 Å². The van der Waals surface area contributed by atoms with Crippen molar-refractivity contribution in [2.45, 2.75) is 6.54 Å². The summed E-state index contributed by atoms with van der Waals surface area (Å²) in [4.78, 5) is 10.5. The monoisotopic (exact) mass is 295 g/mol. The van der Waals surface area contributed by atoms with E-state index < -0.39 is 21.7 Å². The molecule has 0 saturated heterocycles. The molecule has 0 fully saturated rings. The number of para-hydroxylation sites is 1. The van der Waals surface area contributed by atoms with Crippen LogP contribution in [0.5, 0.6) is 0 Å². The number of nitrogens with one attached hydrogen (secondary N) is 1. The number of carboxylic acids is 1. The quantitative estimate of drug-likeness (QED) is 0.819. The van der Waals surface area contributed by atoms with E-state index in [1.165, 1.54) is 0 Å². The normalized spacial score (nSPS) is 11.2. The second-order valence-electron chi connectivity index (χ2n) is 4.12. The van der Waals surface area contributed by atoms with E-state index in [0.29, 0.717) is 17.8 Å². The third kappa shape index (κ3) is 3.82. The first-order valence-electron chi connectivity index (χ1n) is 5.74. The number of hydrogen-bond acceptors (Lipinski definition) is 4. The van der Waals surface area contributed by atoms with Crippen molar-refractivity contribution in [3.05, 3.63) is 48.3 Å². The number of nitrogens with zero attached hydrogens (tertiary/aromatic N) is 2. The molecule has 0 amide bonds. The van der Waals surface area contributed by atoms with Crippen molar-refractivity contribution < 1.29 is 18.3 Å². The van der Waals surface area contributed by atoms with E-state index in [1.54, 1.807) is 47.4 Å². The van der Waals surface area contributed by atoms with Crippen LogP contribution in [0.2, 0.25) is 0 Å². The van der Waals surface area contributed by atoms with E-state index in [0.717, 1.165) is 0 Å². The van der Waals surface area contributed by atoms with Gasteiger partial charge in [-0.05, 0) is 17.7 Å². The van der Waals surface area contributed by atoms with Gasteiger partial charge >= 0.3 is 5.97 Å². The molecule has 2 aromatic rings. The summed E-state index contributed by atoms with van der Waals surface area (Å²) in [5, 5.41) is 12.6. The molecule has 0 aliphatic carbocycles. The maximum absolute atomic E-state index is 11.7. The van der Waals surface area contributed by atoms with Gasteiger partial charge in [-0.3, -0.25) is 14.2 Å². The summed E-state index contributed by atoms with van der Waals surface area (Å²) in [7, 11) is -3.91. The Bertz CT molecular complexity index is 695. The van der Waals surface area contributed by atoms with Gasteiger partial charge in [-0.1, -0.05) is 18.2 Å². The van der Waals surface area contributed by atoms with E-state index >= 15 is 0 Å². The number of aliphatic carboxylic acids is 1. The van der Waals surface area contributed by atoms with Crippen molar-refractivity contribution in [1.29, 1.82) is 0 Å². The molecule has 8 heteroatoms. The van der Waals surface area contributed by atoms with Crippen molar-refractivity contribution >= 4 is 21.7 Å². The van der Waals surface area contributed by atoms with Gasteiger partial charge in [-0.25, -0.2) is 8.42 Å². The molecule has 20 heavy (non-hydrogen) atoms. The Hall–Kier alpha value is -2.35. The molecule has 0 aliphatic heterocycles. The highest BCUT2D eigenvalue weighted by molar-refractivity contribution is 7.93. The third-order valence-corrected chi connectivity index (χ3v) is 3.65. The lowest BCUT2D eigenvalue weighted by molar-refractivity contribution is -0.134. The van der Waals surface area contributed by atoms with Crippen molar-refractivity contribution in [1.82, 2.24) is 9.78 Å². The van der Waals surface area contributed by atoms with Gasteiger partial charge in [0.25, 0.3) is 0 Å². The van der Waals surface area contributed by atoms with E-state index in [9.17, 15) is 13.2 Å². The average Bonchev–Trinajstić information content (AvgIpc) is 2.82. The zero-order chi connectivity index (χ0) is 14.6. The number of benzene rings is 1. The molecule has 1 aromatic heterocycles. The van der Waals surface area contributed by atoms with Crippen molar-refractivity contribution in [2.75, 3.05) is 10.5 Å². The molecule has 0 saturated carbocycles. The topological polar surface area (TPSA) is 101 Å². The molecule has 1 heterocycles. The van der Waals surface area contributed by atoms with Gasteiger partial charge in [0, 0.05) is 12.4 Å². The average molecular weight is 295 g/mol. The lowest BCUT2D eigenvalue weighted by atomic mass is 10.2. The van der Waals surface area contributed by atoms with Crippen molar-refractivity contribution in [3.8, 4) is 0 Å². The van der Waals surface area contributed by atoms with Crippen LogP contribution >= 0.6 is 0 Å². The van der Waals surface area contributed by atoms with Crippen LogP contribution in [0, 0.1) is 0 Å². The molecule has 0 unspecified atom stereocenters. The molecule has 106 valence electrons. The Labute approximate surface area is 115 Å². The van der Waals surface area contributed by atoms with Crippen molar-refractivity contribution in [3.63, 3.8) is 0 Å². The van der Waals surface area contributed by atoms with Crippen LogP contribution in [0.15, 0.2) is 42.7 Å². The fourth-order valence-electron chi connectivity index (χ4n) is 1.69. The largest absolute Gasteiger partial charge is 0.480 e. The molecule has 0 radical (unpaired) electrons. The molecule has 0 atom stereocenters. The molecule has 2 rings (SSSR count). The number of aromatic nitrogens is 2. The van der Waals surface area contributed by atoms with Crippen molar-refractivity contribution in [2.24, 2.45) is 0 Å². The highest BCUT2D eigenvalue weighted by atomic mass is 32.2. The molecule has 7 nitrogen and oxygen atoms in total. The first-order valence-corrected chi connectivity index (χ1v) is 7.39. The summed E-state index contributed by atoms with van der Waals surface area (Å²) in [6.45, 7) is 0.388. The molecule has 1 aromatic carbocycles. The first-order chi connectivity index (χ1) is 9.46. The molecule has 2 N–H and O–H groups in total. The van der Waals surface area contributed by atoms with Gasteiger partial charge in [0.05, 0.1) is 12.2 Å². The van der Waals surface area contributed by atoms with Crippen LogP contribution < -0.4 is 4.72 Å². The van der Waals surface area contributed by atoms with Gasteiger partial charge < -0.3 is 5.11 Å². The van der Waals surface area contributed by atoms with Gasteiger partial charge in [0.15, 0.2) is 5.75 Å². The lowest BCUT2D eigenvalue weighted by Gasteiger charge is -2.11. The van der Waals surface area contributed by atoms with Gasteiger partial charge in [0.1, 0.15) is 0 Å². The van der Waals surface area contributed by atoms with E-state index in [2.05, 4.69) is 9.82 Å². The SMILES string of the molecule is O=C(O)CS(=O)(=O)Nc1ccccc1Cn1cccn1. The zero-order valence-corrected chi connectivity index (χ0v) is 11.2. The number of hydrogen-bond donors (Lipinski definition) is 2. The molecule has 0 spiro atoms. The molecular weight excluding hydrogens is 282 g/mol. The number of anilines is 1. The first kappa shape index (κ1) is 14.1. The Kier molecular flexibility index (Phi) is 4.04. The second-order valence-corrected chi connectivity index (χ2v) is 5.84. The summed E-state index contributed by atoms with van der Waals surface area (Å²) in [6, 6.07) is 8.54. The number of carboxylic acid groups (broad SMARTS) is 1. The van der Waals surface area contributed by atoms with Crippen LogP contribution in [-0.2, 0) is 21.4 Å². The van der Waals surface area contributed by atoms with E-state index in [-0.39, 0.29) is 0 Å². The minimum atomic E-state index is -3.91. The molecule has 0 bridgehead atoms. The Morgan fingerprint density at radius 1 is 1.30 bits per heavy atom. The zero-order valence-electron chi connectivity index (χ0n) is 10.4. The second kappa shape index (κ2) is 5.74. The maximum atomic E-state index is 11.7. The Morgan fingerprint density at radius 3 is 2.70 bits per heavy atom.